The molecule has 0 spiro atoms. The number of fused-ring (bicyclic) bond motifs is 6. The van der Waals surface area contributed by atoms with Crippen molar-refractivity contribution in [2.45, 2.75) is 55.6 Å². The third-order valence-electron chi connectivity index (χ3n) is 16.8. The minimum atomic E-state index is -5.60. The molecular formula is C71H29F27N4. The van der Waals surface area contributed by atoms with Crippen molar-refractivity contribution in [1.29, 1.82) is 10.5 Å². The number of nitrogens with zero attached hydrogens (tertiary/aromatic N) is 4. The van der Waals surface area contributed by atoms with Gasteiger partial charge in [-0.2, -0.15) is 129 Å². The molecule has 0 N–H and O–H groups in total. The second kappa shape index (κ2) is 23.8. The maximum Gasteiger partial charge on any atom is 0.417 e. The van der Waals surface area contributed by atoms with Crippen molar-refractivity contribution in [1.82, 2.24) is 9.13 Å². The summed E-state index contributed by atoms with van der Waals surface area (Å²) in [6, 6.07) is 19.2. The molecule has 0 atom stereocenters. The van der Waals surface area contributed by atoms with E-state index in [4.69, 9.17) is 0 Å². The van der Waals surface area contributed by atoms with Crippen molar-refractivity contribution in [2.24, 2.45) is 0 Å². The maximum absolute atomic E-state index is 16.1. The summed E-state index contributed by atoms with van der Waals surface area (Å²) in [6.07, 6.45) is -49.5. The van der Waals surface area contributed by atoms with Gasteiger partial charge in [-0.15, -0.1) is 0 Å². The highest BCUT2D eigenvalue weighted by Gasteiger charge is 2.44. The van der Waals surface area contributed by atoms with Crippen LogP contribution in [0.2, 0.25) is 0 Å². The molecule has 0 saturated carbocycles. The van der Waals surface area contributed by atoms with Gasteiger partial charge in [0.2, 0.25) is 0 Å². The van der Waals surface area contributed by atoms with Crippen LogP contribution in [-0.4, -0.2) is 9.13 Å². The lowest BCUT2D eigenvalue weighted by Crippen LogP contribution is -2.12. The summed E-state index contributed by atoms with van der Waals surface area (Å²) >= 11 is 0. The fourth-order valence-corrected chi connectivity index (χ4v) is 12.5. The molecule has 0 aliphatic heterocycles. The van der Waals surface area contributed by atoms with Gasteiger partial charge in [-0.25, -0.2) is 0 Å². The lowest BCUT2D eigenvalue weighted by Gasteiger charge is -2.24. The summed E-state index contributed by atoms with van der Waals surface area (Å²) in [5, 5.41) is 20.1. The van der Waals surface area contributed by atoms with Crippen molar-refractivity contribution in [3.05, 3.63) is 237 Å². The molecule has 12 rings (SSSR count). The number of hydrogen-bond acceptors (Lipinski definition) is 2. The van der Waals surface area contributed by atoms with Gasteiger partial charge in [0.25, 0.3) is 0 Å². The summed E-state index contributed by atoms with van der Waals surface area (Å²) < 4.78 is 398. The smallest absolute Gasteiger partial charge is 0.308 e. The molecule has 31 heteroatoms. The molecule has 0 aliphatic carbocycles. The van der Waals surface area contributed by atoms with Crippen LogP contribution in [0.3, 0.4) is 0 Å². The van der Waals surface area contributed by atoms with E-state index in [2.05, 4.69) is 0 Å². The SMILES string of the molecule is N#Cc1cc(-n2c3ccc(-c4ccc(C(F)(F)F)cc4C(F)(F)F)cc3c3cc(-c4ccc(C(F)(F)F)cc4C(F)(F)F)ccc32)c(-c2c(C#N)cccc2C(F)(F)F)c(-n2c3ccc(-c4ccc(C(F)(F)F)cc4C(F)(F)F)cc3c3cc(-c4ccc(C(F)(F)F)cc4C(F)(F)F)ccc32)c1. The molecule has 2 aromatic heterocycles. The Morgan fingerprint density at radius 3 is 0.735 bits per heavy atom. The average Bonchev–Trinajstić information content (AvgIpc) is 1.52. The zero-order valence-electron chi connectivity index (χ0n) is 49.7. The number of alkyl halides is 27. The molecule has 0 saturated heterocycles. The predicted octanol–water partition coefficient (Wildman–Crippen LogP) is 25.1. The van der Waals surface area contributed by atoms with Gasteiger partial charge in [0.05, 0.1) is 107 Å². The molecule has 4 nitrogen and oxygen atoms in total. The Morgan fingerprint density at radius 1 is 0.245 bits per heavy atom. The normalized spacial score (nSPS) is 13.2. The topological polar surface area (TPSA) is 57.4 Å². The molecule has 0 aliphatic rings. The van der Waals surface area contributed by atoms with E-state index >= 15 is 13.2 Å². The Morgan fingerprint density at radius 2 is 0.510 bits per heavy atom. The predicted molar refractivity (Wildman–Crippen MR) is 317 cm³/mol. The first-order valence-electron chi connectivity index (χ1n) is 28.7. The number of halogens is 27. The highest BCUT2D eigenvalue weighted by atomic mass is 19.4. The van der Waals surface area contributed by atoms with E-state index in [1.54, 1.807) is 12.1 Å². The average molecular weight is 1450 g/mol. The number of nitriles is 2. The second-order valence-corrected chi connectivity index (χ2v) is 23.0. The molecule has 2 heterocycles. The number of benzene rings is 10. The Balaban J connectivity index is 1.26. The molecule has 522 valence electrons. The van der Waals surface area contributed by atoms with E-state index in [1.807, 2.05) is 0 Å². The van der Waals surface area contributed by atoms with Crippen LogP contribution in [0.25, 0.3) is 111 Å². The van der Waals surface area contributed by atoms with Gasteiger partial charge in [0.1, 0.15) is 0 Å². The van der Waals surface area contributed by atoms with E-state index in [9.17, 15) is 116 Å². The monoisotopic (exact) mass is 1450 g/mol. The standard InChI is InChI=1S/C71H29F27N4/c72-63(73,74)38-8-12-42(51(26-38)68(87,88)89)33-4-16-55-46(22-33)47-23-34(43-13-9-39(64(75,76)77)27-52(43)69(90,91)92)5-17-56(47)101(55)59-20-32(30-99)21-60(62(59)61-37(31-100)2-1-3-50(61)67(84,85)86)102-57-18-6-35(44-14-10-40(65(78,79)80)28-53(44)70(93,94)95)24-48(57)49-25-36(7-19-58(49)102)45-15-11-41(66(81,82)83)29-54(45)71(96,97)98/h1-29H. The van der Waals surface area contributed by atoms with Crippen LogP contribution in [-0.2, 0) is 55.6 Å². The molecule has 102 heavy (non-hydrogen) atoms. The lowest BCUT2D eigenvalue weighted by atomic mass is 9.90. The number of rotatable bonds is 7. The highest BCUT2D eigenvalue weighted by molar-refractivity contribution is 6.15. The van der Waals surface area contributed by atoms with Crippen LogP contribution in [0.5, 0.6) is 0 Å². The molecule has 0 amide bonds. The fraction of sp³-hybridized carbons (Fsp3) is 0.127. The largest absolute Gasteiger partial charge is 0.417 e. The van der Waals surface area contributed by atoms with Gasteiger partial charge in [0, 0.05) is 32.7 Å². The van der Waals surface area contributed by atoms with Crippen LogP contribution < -0.4 is 0 Å². The van der Waals surface area contributed by atoms with Crippen molar-refractivity contribution in [3.8, 4) is 79.1 Å². The highest BCUT2D eigenvalue weighted by Crippen LogP contribution is 2.53. The quantitative estimate of drug-likeness (QED) is 0.149. The van der Waals surface area contributed by atoms with Crippen molar-refractivity contribution >= 4 is 43.6 Å². The van der Waals surface area contributed by atoms with Gasteiger partial charge in [-0.1, -0.05) is 54.6 Å². The molecule has 10 aromatic carbocycles. The fourth-order valence-electron chi connectivity index (χ4n) is 12.5. The van der Waals surface area contributed by atoms with Crippen molar-refractivity contribution in [3.63, 3.8) is 0 Å². The van der Waals surface area contributed by atoms with Crippen molar-refractivity contribution < 1.29 is 119 Å². The Hall–Kier alpha value is -11.1. The summed E-state index contributed by atoms with van der Waals surface area (Å²) in [4.78, 5) is 0. The first kappa shape index (κ1) is 70.7. The summed E-state index contributed by atoms with van der Waals surface area (Å²) in [5.41, 5.74) is -29.9. The van der Waals surface area contributed by atoms with E-state index in [1.165, 1.54) is 0 Å². The van der Waals surface area contributed by atoms with E-state index < -0.39 is 227 Å². The van der Waals surface area contributed by atoms with Crippen LogP contribution in [0.1, 0.15) is 61.2 Å². The zero-order chi connectivity index (χ0) is 74.5. The Labute approximate surface area is 552 Å². The Bertz CT molecular complexity index is 4970. The first-order valence-corrected chi connectivity index (χ1v) is 28.7. The molecule has 12 aromatic rings. The van der Waals surface area contributed by atoms with Crippen LogP contribution in [0.4, 0.5) is 119 Å². The molecule has 0 radical (unpaired) electrons. The Kier molecular flexibility index (Phi) is 16.5. The van der Waals surface area contributed by atoms with Crippen LogP contribution >= 0.6 is 0 Å². The van der Waals surface area contributed by atoms with Crippen LogP contribution in [0, 0.1) is 22.7 Å². The minimum Gasteiger partial charge on any atom is -0.308 e. The summed E-state index contributed by atoms with van der Waals surface area (Å²) in [6.45, 7) is 0. The third kappa shape index (κ3) is 12.7. The number of aromatic nitrogens is 2. The van der Waals surface area contributed by atoms with Crippen molar-refractivity contribution in [2.75, 3.05) is 0 Å². The summed E-state index contributed by atoms with van der Waals surface area (Å²) in [5.74, 6) is 0. The number of hydrogen-bond donors (Lipinski definition) is 0. The first-order chi connectivity index (χ1) is 47.2. The van der Waals surface area contributed by atoms with Gasteiger partial charge >= 0.3 is 55.6 Å². The van der Waals surface area contributed by atoms with E-state index in [0.29, 0.717) is 30.3 Å². The van der Waals surface area contributed by atoms with Gasteiger partial charge < -0.3 is 9.13 Å². The van der Waals surface area contributed by atoms with Crippen LogP contribution in [0.15, 0.2) is 176 Å². The molecule has 0 bridgehead atoms. The van der Waals surface area contributed by atoms with E-state index in [-0.39, 0.29) is 48.5 Å². The van der Waals surface area contributed by atoms with Gasteiger partial charge in [-0.3, -0.25) is 0 Å². The summed E-state index contributed by atoms with van der Waals surface area (Å²) in [7, 11) is 0. The lowest BCUT2D eigenvalue weighted by molar-refractivity contribution is -0.144. The third-order valence-corrected chi connectivity index (χ3v) is 16.8. The molecular weight excluding hydrogens is 1420 g/mol. The van der Waals surface area contributed by atoms with Gasteiger partial charge in [-0.05, 0) is 166 Å². The molecule has 0 unspecified atom stereocenters. The zero-order valence-corrected chi connectivity index (χ0v) is 49.7. The van der Waals surface area contributed by atoms with Gasteiger partial charge in [0.15, 0.2) is 0 Å². The maximum atomic E-state index is 16.1. The van der Waals surface area contributed by atoms with E-state index in [0.717, 1.165) is 106 Å². The minimum absolute atomic E-state index is 0.254. The second-order valence-electron chi connectivity index (χ2n) is 23.0. The molecule has 0 fully saturated rings.